The summed E-state index contributed by atoms with van der Waals surface area (Å²) in [5, 5.41) is 63.4. The topological polar surface area (TPSA) is 295 Å². The van der Waals surface area contributed by atoms with Crippen molar-refractivity contribution in [3.63, 3.8) is 0 Å². The highest BCUT2D eigenvalue weighted by Crippen LogP contribution is 2.21. The van der Waals surface area contributed by atoms with Gasteiger partial charge in [0.15, 0.2) is 0 Å². The van der Waals surface area contributed by atoms with Gasteiger partial charge >= 0.3 is 11.9 Å². The summed E-state index contributed by atoms with van der Waals surface area (Å²) in [7, 11) is 2.65. The van der Waals surface area contributed by atoms with Gasteiger partial charge in [-0.25, -0.2) is 0 Å². The van der Waals surface area contributed by atoms with Gasteiger partial charge in [-0.3, -0.25) is 24.0 Å². The molecule has 0 bridgehead atoms. The maximum atomic E-state index is 12.8. The molecule has 0 aromatic rings. The number of hydrogen-bond donors (Lipinski definition) is 10. The molecule has 0 rings (SSSR count). The molecule has 0 aliphatic carbocycles. The van der Waals surface area contributed by atoms with Crippen molar-refractivity contribution in [2.24, 2.45) is 5.73 Å². The van der Waals surface area contributed by atoms with E-state index in [1.807, 2.05) is 0 Å². The summed E-state index contributed by atoms with van der Waals surface area (Å²) >= 11 is 0. The molecule has 0 aromatic heterocycles. The lowest BCUT2D eigenvalue weighted by molar-refractivity contribution is -0.141. The zero-order valence-corrected chi connectivity index (χ0v) is 24.4. The van der Waals surface area contributed by atoms with Crippen LogP contribution in [0.15, 0.2) is 0 Å². The number of nitrogens with one attached hydrogen (secondary N) is 3. The Balaban J connectivity index is 4.97. The number of aliphatic hydroxyl groups is 5. The van der Waals surface area contributed by atoms with E-state index in [1.54, 1.807) is 0 Å². The van der Waals surface area contributed by atoms with E-state index in [0.717, 1.165) is 0 Å². The zero-order chi connectivity index (χ0) is 32.1. The number of carbonyl (C=O) groups is 6. The van der Waals surface area contributed by atoms with E-state index in [4.69, 9.17) is 20.7 Å². The lowest BCUT2D eigenvalue weighted by Crippen LogP contribution is -2.51. The SMILES string of the molecule is NCC(=O)OCCSSCCC(=O)N[C@@H](CCC(=O)NC[C@H](O)[C@@H](O)[C@H](O)[C@H](O)CO)C(=O)N[C@H](C=O)CCC(=O)O. The summed E-state index contributed by atoms with van der Waals surface area (Å²) in [5.74, 6) is -3.05. The Kier molecular flexibility index (Phi) is 21.6. The van der Waals surface area contributed by atoms with Gasteiger partial charge in [-0.1, -0.05) is 21.6 Å². The molecular weight excluding hydrogens is 604 g/mol. The fourth-order valence-corrected chi connectivity index (χ4v) is 4.86. The van der Waals surface area contributed by atoms with Crippen LogP contribution in [-0.4, -0.2) is 141 Å². The predicted octanol–water partition coefficient (Wildman–Crippen LogP) is -4.37. The van der Waals surface area contributed by atoms with Gasteiger partial charge in [0.05, 0.1) is 25.3 Å². The number of carboxylic acids is 1. The third kappa shape index (κ3) is 18.1. The second kappa shape index (κ2) is 23.0. The van der Waals surface area contributed by atoms with Gasteiger partial charge in [-0.2, -0.15) is 0 Å². The number of nitrogens with two attached hydrogens (primary N) is 1. The van der Waals surface area contributed by atoms with Gasteiger partial charge in [0, 0.05) is 37.3 Å². The summed E-state index contributed by atoms with van der Waals surface area (Å²) in [6.07, 6.45) is -8.12. The van der Waals surface area contributed by atoms with Gasteiger partial charge < -0.3 is 61.9 Å². The molecule has 0 aliphatic heterocycles. The van der Waals surface area contributed by atoms with E-state index < -0.39 is 85.7 Å². The first kappa shape index (κ1) is 39.5. The molecule has 0 aromatic carbocycles. The molecule has 11 N–H and O–H groups in total. The van der Waals surface area contributed by atoms with E-state index in [-0.39, 0.29) is 38.8 Å². The van der Waals surface area contributed by atoms with Crippen LogP contribution in [0.5, 0.6) is 0 Å². The van der Waals surface area contributed by atoms with Crippen molar-refractivity contribution in [3.8, 4) is 0 Å². The minimum atomic E-state index is -1.90. The number of carboxylic acid groups (broad SMARTS) is 1. The second-order valence-corrected chi connectivity index (χ2v) is 11.5. The van der Waals surface area contributed by atoms with E-state index in [1.165, 1.54) is 21.6 Å². The Morgan fingerprint density at radius 2 is 1.50 bits per heavy atom. The Morgan fingerprint density at radius 3 is 2.10 bits per heavy atom. The monoisotopic (exact) mass is 644 g/mol. The molecule has 0 spiro atoms. The van der Waals surface area contributed by atoms with E-state index in [0.29, 0.717) is 17.8 Å². The molecule has 17 nitrogen and oxygen atoms in total. The molecule has 0 saturated carbocycles. The quantitative estimate of drug-likeness (QED) is 0.0205. The van der Waals surface area contributed by atoms with Crippen LogP contribution in [0, 0.1) is 0 Å². The first-order chi connectivity index (χ1) is 19.9. The third-order valence-electron chi connectivity index (χ3n) is 5.40. The minimum absolute atomic E-state index is 0.0293. The molecule has 19 heteroatoms. The largest absolute Gasteiger partial charge is 0.481 e. The van der Waals surface area contributed by atoms with Crippen LogP contribution in [0.3, 0.4) is 0 Å². The van der Waals surface area contributed by atoms with Crippen LogP contribution in [-0.2, 0) is 33.5 Å². The molecule has 6 atom stereocenters. The summed E-state index contributed by atoms with van der Waals surface area (Å²) in [4.78, 5) is 70.6. The van der Waals surface area contributed by atoms with Crippen LogP contribution in [0.2, 0.25) is 0 Å². The number of carbonyl (C=O) groups excluding carboxylic acids is 5. The minimum Gasteiger partial charge on any atom is -0.481 e. The van der Waals surface area contributed by atoms with Crippen LogP contribution in [0.1, 0.15) is 32.1 Å². The Bertz CT molecular complexity index is 870. The van der Waals surface area contributed by atoms with Gasteiger partial charge in [0.1, 0.15) is 37.2 Å². The average molecular weight is 645 g/mol. The van der Waals surface area contributed by atoms with Crippen molar-refractivity contribution in [3.05, 3.63) is 0 Å². The number of rotatable bonds is 24. The van der Waals surface area contributed by atoms with E-state index >= 15 is 0 Å². The normalized spacial score (nSPS) is 15.3. The molecule has 242 valence electrons. The fourth-order valence-electron chi connectivity index (χ4n) is 3.04. The number of aliphatic hydroxyl groups excluding tert-OH is 5. The highest BCUT2D eigenvalue weighted by atomic mass is 33.1. The number of aldehydes is 1. The summed E-state index contributed by atoms with van der Waals surface area (Å²) in [6, 6.07) is -2.44. The van der Waals surface area contributed by atoms with Crippen molar-refractivity contribution in [1.82, 2.24) is 16.0 Å². The molecule has 0 fully saturated rings. The van der Waals surface area contributed by atoms with Crippen LogP contribution < -0.4 is 21.7 Å². The van der Waals surface area contributed by atoms with Gasteiger partial charge in [-0.05, 0) is 12.8 Å². The summed E-state index contributed by atoms with van der Waals surface area (Å²) in [6.45, 7) is -1.52. The first-order valence-electron chi connectivity index (χ1n) is 12.8. The lowest BCUT2D eigenvalue weighted by atomic mass is 10.0. The number of aliphatic carboxylic acids is 1. The summed E-state index contributed by atoms with van der Waals surface area (Å²) < 4.78 is 4.81. The molecule has 0 saturated heterocycles. The van der Waals surface area contributed by atoms with Gasteiger partial charge in [0.25, 0.3) is 0 Å². The Labute approximate surface area is 249 Å². The highest BCUT2D eigenvalue weighted by Gasteiger charge is 2.30. The molecule has 3 amide bonds. The summed E-state index contributed by atoms with van der Waals surface area (Å²) in [5.41, 5.74) is 5.12. The van der Waals surface area contributed by atoms with Crippen molar-refractivity contribution in [2.75, 3.05) is 37.8 Å². The molecule has 0 radical (unpaired) electrons. The smallest absolute Gasteiger partial charge is 0.319 e. The van der Waals surface area contributed by atoms with E-state index in [2.05, 4.69) is 16.0 Å². The fraction of sp³-hybridized carbons (Fsp3) is 0.739. The molecule has 0 aliphatic rings. The second-order valence-electron chi connectivity index (χ2n) is 8.76. The maximum absolute atomic E-state index is 12.8. The number of ether oxygens (including phenoxy) is 1. The lowest BCUT2D eigenvalue weighted by Gasteiger charge is -2.25. The van der Waals surface area contributed by atoms with Crippen molar-refractivity contribution < 1.29 is 64.1 Å². The predicted molar refractivity (Wildman–Crippen MR) is 150 cm³/mol. The molecule has 0 unspecified atom stereocenters. The Morgan fingerprint density at radius 1 is 0.857 bits per heavy atom. The number of esters is 1. The first-order valence-corrected chi connectivity index (χ1v) is 15.3. The standard InChI is InChI=1S/C23H40N4O13S2/c24-9-20(36)40-6-8-42-41-7-5-18(33)27-14(23(39)26-13(11-28)1-4-19(34)35)2-3-17(32)25-10-15(30)21(37)22(38)16(31)12-29/h11,13-16,21-22,29-31,37-38H,1-10,12,24H2,(H,25,32)(H,26,39)(H,27,33)(H,34,35)/t13-,14-,15-,16+,21+,22+/m0/s1. The third-order valence-corrected chi connectivity index (χ3v) is 7.77. The van der Waals surface area contributed by atoms with E-state index in [9.17, 15) is 49.2 Å². The zero-order valence-electron chi connectivity index (χ0n) is 22.8. The van der Waals surface area contributed by atoms with Gasteiger partial charge in [0.2, 0.25) is 17.7 Å². The van der Waals surface area contributed by atoms with Crippen LogP contribution in [0.4, 0.5) is 0 Å². The van der Waals surface area contributed by atoms with Crippen molar-refractivity contribution in [1.29, 1.82) is 0 Å². The average Bonchev–Trinajstić information content (AvgIpc) is 2.97. The highest BCUT2D eigenvalue weighted by molar-refractivity contribution is 8.76. The van der Waals surface area contributed by atoms with Gasteiger partial charge in [-0.15, -0.1) is 0 Å². The van der Waals surface area contributed by atoms with Crippen LogP contribution >= 0.6 is 21.6 Å². The number of hydrogen-bond acceptors (Lipinski definition) is 15. The Hall–Kier alpha value is -2.52. The van der Waals surface area contributed by atoms with Crippen LogP contribution in [0.25, 0.3) is 0 Å². The maximum Gasteiger partial charge on any atom is 0.319 e. The molecular formula is C23H40N4O13S2. The molecule has 0 heterocycles. The number of amides is 3. The van der Waals surface area contributed by atoms with Crippen molar-refractivity contribution in [2.45, 2.75) is 68.6 Å². The molecule has 42 heavy (non-hydrogen) atoms. The van der Waals surface area contributed by atoms with Crippen molar-refractivity contribution >= 4 is 57.5 Å².